The number of fused-ring (bicyclic) bond motifs is 1. The van der Waals surface area contributed by atoms with Crippen LogP contribution < -0.4 is 15.0 Å². The first kappa shape index (κ1) is 19.3. The van der Waals surface area contributed by atoms with Gasteiger partial charge < -0.3 is 19.4 Å². The lowest BCUT2D eigenvalue weighted by Gasteiger charge is -2.34. The van der Waals surface area contributed by atoms with E-state index in [0.29, 0.717) is 35.5 Å². The molecule has 6 nitrogen and oxygen atoms in total. The number of aromatic amines is 1. The second-order valence-electron chi connectivity index (χ2n) is 7.09. The number of aromatic nitrogens is 1. The predicted molar refractivity (Wildman–Crippen MR) is 105 cm³/mol. The summed E-state index contributed by atoms with van der Waals surface area (Å²) in [5.41, 5.74) is 1.12. The van der Waals surface area contributed by atoms with Crippen LogP contribution in [-0.4, -0.2) is 36.1 Å². The zero-order valence-electron chi connectivity index (χ0n) is 16.3. The largest absolute Gasteiger partial charge is 0.493 e. The zero-order chi connectivity index (χ0) is 19.4. The standard InChI is InChI=1S/C21H28N2O4/c1-4-20(24)23(16-8-6-5-7-9-16)13-15-10-14-11-18(26-2)19(27-3)12-17(14)22-21(15)25/h10-12,16H,4-9,13H2,1-3H3,(H,22,25). The molecule has 1 heterocycles. The first-order chi connectivity index (χ1) is 13.1. The topological polar surface area (TPSA) is 71.6 Å². The molecule has 27 heavy (non-hydrogen) atoms. The number of H-pyrrole nitrogens is 1. The van der Waals surface area contributed by atoms with Crippen LogP contribution in [0.1, 0.15) is 51.0 Å². The minimum absolute atomic E-state index is 0.105. The van der Waals surface area contributed by atoms with Gasteiger partial charge in [0.2, 0.25) is 5.91 Å². The Kier molecular flexibility index (Phi) is 6.04. The number of hydrogen-bond acceptors (Lipinski definition) is 4. The Morgan fingerprint density at radius 2 is 1.78 bits per heavy atom. The monoisotopic (exact) mass is 372 g/mol. The third-order valence-corrected chi connectivity index (χ3v) is 5.40. The maximum Gasteiger partial charge on any atom is 0.253 e. The van der Waals surface area contributed by atoms with Crippen LogP contribution in [0.2, 0.25) is 0 Å². The molecule has 0 atom stereocenters. The second-order valence-corrected chi connectivity index (χ2v) is 7.09. The molecular formula is C21H28N2O4. The van der Waals surface area contributed by atoms with E-state index in [1.165, 1.54) is 6.42 Å². The first-order valence-electron chi connectivity index (χ1n) is 9.64. The number of hydrogen-bond donors (Lipinski definition) is 1. The quantitative estimate of drug-likeness (QED) is 0.841. The van der Waals surface area contributed by atoms with Gasteiger partial charge in [0.1, 0.15) is 0 Å². The maximum absolute atomic E-state index is 12.7. The fourth-order valence-corrected chi connectivity index (χ4v) is 3.90. The van der Waals surface area contributed by atoms with Crippen molar-refractivity contribution in [2.24, 2.45) is 0 Å². The van der Waals surface area contributed by atoms with Gasteiger partial charge in [-0.3, -0.25) is 9.59 Å². The number of nitrogens with one attached hydrogen (secondary N) is 1. The molecular weight excluding hydrogens is 344 g/mol. The number of benzene rings is 1. The molecule has 1 aliphatic rings. The third-order valence-electron chi connectivity index (χ3n) is 5.40. The van der Waals surface area contributed by atoms with E-state index in [1.54, 1.807) is 20.3 Å². The molecule has 6 heteroatoms. The fourth-order valence-electron chi connectivity index (χ4n) is 3.90. The van der Waals surface area contributed by atoms with E-state index in [2.05, 4.69) is 4.98 Å². The molecule has 2 aromatic rings. The smallest absolute Gasteiger partial charge is 0.253 e. The highest BCUT2D eigenvalue weighted by Gasteiger charge is 2.25. The average Bonchev–Trinajstić information content (AvgIpc) is 2.71. The van der Waals surface area contributed by atoms with E-state index < -0.39 is 0 Å². The predicted octanol–water partition coefficient (Wildman–Crippen LogP) is 3.62. The van der Waals surface area contributed by atoms with Gasteiger partial charge >= 0.3 is 0 Å². The highest BCUT2D eigenvalue weighted by atomic mass is 16.5. The molecule has 0 saturated heterocycles. The van der Waals surface area contributed by atoms with Crippen LogP contribution in [0.25, 0.3) is 10.9 Å². The number of ether oxygens (including phenoxy) is 2. The second kappa shape index (κ2) is 8.46. The molecule has 0 unspecified atom stereocenters. The van der Waals surface area contributed by atoms with Gasteiger partial charge in [-0.15, -0.1) is 0 Å². The van der Waals surface area contributed by atoms with E-state index >= 15 is 0 Å². The van der Waals surface area contributed by atoms with E-state index in [1.807, 2.05) is 24.0 Å². The van der Waals surface area contributed by atoms with Gasteiger partial charge in [-0.25, -0.2) is 0 Å². The van der Waals surface area contributed by atoms with Crippen LogP contribution in [0.5, 0.6) is 11.5 Å². The summed E-state index contributed by atoms with van der Waals surface area (Å²) in [6.45, 7) is 2.22. The minimum Gasteiger partial charge on any atom is -0.493 e. The van der Waals surface area contributed by atoms with Gasteiger partial charge in [0, 0.05) is 29.5 Å². The Hall–Kier alpha value is -2.50. The van der Waals surface area contributed by atoms with Crippen molar-refractivity contribution in [2.45, 2.75) is 58.0 Å². The summed E-state index contributed by atoms with van der Waals surface area (Å²) in [4.78, 5) is 30.0. The van der Waals surface area contributed by atoms with Gasteiger partial charge in [-0.1, -0.05) is 26.2 Å². The maximum atomic E-state index is 12.7. The summed E-state index contributed by atoms with van der Waals surface area (Å²) >= 11 is 0. The number of carbonyl (C=O) groups is 1. The van der Waals surface area contributed by atoms with Crippen molar-refractivity contribution in [3.63, 3.8) is 0 Å². The summed E-state index contributed by atoms with van der Waals surface area (Å²) in [5.74, 6) is 1.28. The summed E-state index contributed by atoms with van der Waals surface area (Å²) in [7, 11) is 3.15. The van der Waals surface area contributed by atoms with Gasteiger partial charge in [-0.2, -0.15) is 0 Å². The van der Waals surface area contributed by atoms with Crippen LogP contribution in [0.15, 0.2) is 23.0 Å². The number of rotatable bonds is 6. The Morgan fingerprint density at radius 3 is 2.41 bits per heavy atom. The van der Waals surface area contributed by atoms with Gasteiger partial charge in [-0.05, 0) is 25.0 Å². The van der Waals surface area contributed by atoms with Crippen LogP contribution in [0, 0.1) is 0 Å². The van der Waals surface area contributed by atoms with E-state index in [-0.39, 0.29) is 17.5 Å². The molecule has 1 fully saturated rings. The van der Waals surface area contributed by atoms with Crippen molar-refractivity contribution >= 4 is 16.8 Å². The molecule has 0 aliphatic heterocycles. The molecule has 0 bridgehead atoms. The lowest BCUT2D eigenvalue weighted by molar-refractivity contribution is -0.134. The van der Waals surface area contributed by atoms with Crippen molar-refractivity contribution in [1.82, 2.24) is 9.88 Å². The van der Waals surface area contributed by atoms with Crippen LogP contribution >= 0.6 is 0 Å². The first-order valence-corrected chi connectivity index (χ1v) is 9.64. The van der Waals surface area contributed by atoms with Crippen LogP contribution in [0.3, 0.4) is 0 Å². The highest BCUT2D eigenvalue weighted by Crippen LogP contribution is 2.31. The SMILES string of the molecule is CCC(=O)N(Cc1cc2cc(OC)c(OC)cc2[nH]c1=O)C1CCCCC1. The highest BCUT2D eigenvalue weighted by molar-refractivity contribution is 5.83. The van der Waals surface area contributed by atoms with E-state index in [9.17, 15) is 9.59 Å². The Labute approximate surface area is 159 Å². The van der Waals surface area contributed by atoms with E-state index in [4.69, 9.17) is 9.47 Å². The van der Waals surface area contributed by atoms with Crippen molar-refractivity contribution in [1.29, 1.82) is 0 Å². The average molecular weight is 372 g/mol. The van der Waals surface area contributed by atoms with Gasteiger partial charge in [0.25, 0.3) is 5.56 Å². The number of amides is 1. The molecule has 1 aliphatic carbocycles. The van der Waals surface area contributed by atoms with Crippen molar-refractivity contribution < 1.29 is 14.3 Å². The molecule has 0 spiro atoms. The minimum atomic E-state index is -0.167. The Morgan fingerprint density at radius 1 is 1.11 bits per heavy atom. The number of methoxy groups -OCH3 is 2. The van der Waals surface area contributed by atoms with Crippen molar-refractivity contribution in [3.8, 4) is 11.5 Å². The lowest BCUT2D eigenvalue weighted by atomic mass is 9.93. The Bertz CT molecular complexity index is 868. The molecule has 1 N–H and O–H groups in total. The fraction of sp³-hybridized carbons (Fsp3) is 0.524. The summed E-state index contributed by atoms with van der Waals surface area (Å²) in [6.07, 6.45) is 5.99. The summed E-state index contributed by atoms with van der Waals surface area (Å²) in [6, 6.07) is 5.69. The van der Waals surface area contributed by atoms with Crippen molar-refractivity contribution in [2.75, 3.05) is 14.2 Å². The van der Waals surface area contributed by atoms with Crippen LogP contribution in [-0.2, 0) is 11.3 Å². The van der Waals surface area contributed by atoms with Crippen LogP contribution in [0.4, 0.5) is 0 Å². The third kappa shape index (κ3) is 4.10. The molecule has 0 radical (unpaired) electrons. The normalized spacial score (nSPS) is 14.9. The number of pyridine rings is 1. The number of carbonyl (C=O) groups excluding carboxylic acids is 1. The molecule has 146 valence electrons. The van der Waals surface area contributed by atoms with Gasteiger partial charge in [0.05, 0.1) is 26.3 Å². The summed E-state index contributed by atoms with van der Waals surface area (Å²) < 4.78 is 10.7. The van der Waals surface area contributed by atoms with Gasteiger partial charge in [0.15, 0.2) is 11.5 Å². The summed E-state index contributed by atoms with van der Waals surface area (Å²) in [5, 5.41) is 0.856. The molecule has 1 amide bonds. The Balaban J connectivity index is 1.97. The van der Waals surface area contributed by atoms with E-state index in [0.717, 1.165) is 31.1 Å². The van der Waals surface area contributed by atoms with Crippen molar-refractivity contribution in [3.05, 3.63) is 34.1 Å². The number of nitrogens with zero attached hydrogens (tertiary/aromatic N) is 1. The molecule has 1 saturated carbocycles. The molecule has 1 aromatic carbocycles. The zero-order valence-corrected chi connectivity index (χ0v) is 16.3. The lowest BCUT2D eigenvalue weighted by Crippen LogP contribution is -2.41. The molecule has 3 rings (SSSR count). The molecule has 1 aromatic heterocycles.